The van der Waals surface area contributed by atoms with E-state index < -0.39 is 62.8 Å². The summed E-state index contributed by atoms with van der Waals surface area (Å²) in [6, 6.07) is 7.04. The van der Waals surface area contributed by atoms with E-state index in [-0.39, 0.29) is 47.2 Å². The zero-order valence-electron chi connectivity index (χ0n) is 23.0. The molecule has 11 unspecified atom stereocenters. The maximum atomic E-state index is 14.0. The minimum atomic E-state index is -3.98. The molecule has 2 heterocycles. The fourth-order valence-corrected chi connectivity index (χ4v) is 10.4. The third-order valence-electron chi connectivity index (χ3n) is 11.4. The van der Waals surface area contributed by atoms with Crippen molar-refractivity contribution in [1.82, 2.24) is 10.0 Å². The van der Waals surface area contributed by atoms with Crippen LogP contribution >= 0.6 is 0 Å². The molecular weight excluding hydrogens is 520 g/mol. The van der Waals surface area contributed by atoms with Crippen LogP contribution in [0.2, 0.25) is 0 Å². The Balaban J connectivity index is 1.45. The van der Waals surface area contributed by atoms with Crippen LogP contribution in [0.4, 0.5) is 0 Å². The summed E-state index contributed by atoms with van der Waals surface area (Å²) in [5, 5.41) is 24.7. The van der Waals surface area contributed by atoms with Crippen molar-refractivity contribution in [3.8, 4) is 0 Å². The number of aliphatic hydroxyl groups is 2. The van der Waals surface area contributed by atoms with Crippen molar-refractivity contribution in [2.24, 2.45) is 40.4 Å². The molecule has 9 nitrogen and oxygen atoms in total. The molecule has 2 saturated heterocycles. The number of carbonyl (C=O) groups is 2. The summed E-state index contributed by atoms with van der Waals surface area (Å²) < 4.78 is 36.7. The van der Waals surface area contributed by atoms with E-state index in [4.69, 9.17) is 4.74 Å². The molecule has 10 heteroatoms. The van der Waals surface area contributed by atoms with Gasteiger partial charge in [-0.15, -0.1) is 0 Å². The fraction of sp³-hybridized carbons (Fsp3) is 0.724. The van der Waals surface area contributed by atoms with E-state index in [2.05, 4.69) is 23.9 Å². The van der Waals surface area contributed by atoms with Gasteiger partial charge in [0.05, 0.1) is 34.7 Å². The Hall–Kier alpha value is -1.85. The molecule has 39 heavy (non-hydrogen) atoms. The van der Waals surface area contributed by atoms with Crippen LogP contribution in [-0.4, -0.2) is 60.4 Å². The van der Waals surface area contributed by atoms with E-state index in [9.17, 15) is 28.2 Å². The molecule has 6 rings (SSSR count). The maximum absolute atomic E-state index is 14.0. The summed E-state index contributed by atoms with van der Waals surface area (Å²) in [6.45, 7) is 8.14. The van der Waals surface area contributed by atoms with Crippen molar-refractivity contribution in [3.05, 3.63) is 30.3 Å². The third kappa shape index (κ3) is 3.74. The number of Topliss-reactive ketones (excluding diaryl/α,β-unsaturated/α-hetero) is 1. The second-order valence-electron chi connectivity index (χ2n) is 13.5. The lowest BCUT2D eigenvalue weighted by molar-refractivity contribution is -0.328. The molecule has 1 amide bonds. The highest BCUT2D eigenvalue weighted by Crippen LogP contribution is 2.68. The van der Waals surface area contributed by atoms with Crippen molar-refractivity contribution in [2.45, 2.75) is 94.8 Å². The van der Waals surface area contributed by atoms with Crippen LogP contribution in [0, 0.1) is 40.4 Å². The van der Waals surface area contributed by atoms with E-state index in [1.54, 1.807) is 18.2 Å². The summed E-state index contributed by atoms with van der Waals surface area (Å²) in [7, 11) is -3.98. The van der Waals surface area contributed by atoms with Gasteiger partial charge in [-0.2, -0.15) is 0 Å². The van der Waals surface area contributed by atoms with E-state index in [0.29, 0.717) is 6.42 Å². The molecule has 214 valence electrons. The van der Waals surface area contributed by atoms with Gasteiger partial charge in [-0.1, -0.05) is 45.9 Å². The lowest BCUT2D eigenvalue weighted by Gasteiger charge is -2.70. The van der Waals surface area contributed by atoms with Crippen molar-refractivity contribution < 1.29 is 33.0 Å². The van der Waals surface area contributed by atoms with Crippen LogP contribution in [0.25, 0.3) is 0 Å². The van der Waals surface area contributed by atoms with Crippen LogP contribution < -0.4 is 10.0 Å². The van der Waals surface area contributed by atoms with Crippen molar-refractivity contribution in [1.29, 1.82) is 0 Å². The molecule has 5 fully saturated rings. The number of amides is 1. The van der Waals surface area contributed by atoms with Crippen LogP contribution in [0.1, 0.15) is 59.8 Å². The lowest BCUT2D eigenvalue weighted by atomic mass is 9.42. The Kier molecular flexibility index (Phi) is 6.18. The zero-order chi connectivity index (χ0) is 28.1. The Morgan fingerprint density at radius 3 is 2.44 bits per heavy atom. The highest BCUT2D eigenvalue weighted by atomic mass is 32.2. The number of fused-ring (bicyclic) bond motifs is 3. The van der Waals surface area contributed by atoms with Gasteiger partial charge in [-0.05, 0) is 49.1 Å². The molecule has 2 aliphatic heterocycles. The number of ether oxygens (including phenoxy) is 1. The van der Waals surface area contributed by atoms with Crippen LogP contribution in [-0.2, 0) is 24.3 Å². The number of carbonyl (C=O) groups excluding carboxylic acids is 2. The number of hydrogen-bond donors (Lipinski definition) is 4. The monoisotopic (exact) mass is 560 g/mol. The van der Waals surface area contributed by atoms with Gasteiger partial charge in [0.15, 0.2) is 5.78 Å². The number of sulfonamides is 1. The molecule has 0 bridgehead atoms. The van der Waals surface area contributed by atoms with Gasteiger partial charge < -0.3 is 20.3 Å². The average molecular weight is 561 g/mol. The SMILES string of the molecule is CC1CCC2C(C)(C)C(=O)C(NS(=O)(=O)c3ccccc3)CC23OC2C(CC13C)C(O)CC1C(=O)NC(O)C12. The van der Waals surface area contributed by atoms with E-state index >= 15 is 0 Å². The number of ketones is 1. The first-order valence-electron chi connectivity index (χ1n) is 14.2. The maximum Gasteiger partial charge on any atom is 0.241 e. The van der Waals surface area contributed by atoms with Crippen molar-refractivity contribution in [2.75, 3.05) is 0 Å². The molecule has 0 radical (unpaired) electrons. The van der Waals surface area contributed by atoms with Crippen LogP contribution in [0.3, 0.4) is 0 Å². The summed E-state index contributed by atoms with van der Waals surface area (Å²) in [6.07, 6.45) is 0.288. The molecule has 1 spiro atoms. The molecular formula is C29H40N2O7S. The second-order valence-corrected chi connectivity index (χ2v) is 15.2. The smallest absolute Gasteiger partial charge is 0.241 e. The third-order valence-corrected chi connectivity index (χ3v) is 12.9. The number of aliphatic hydroxyl groups excluding tert-OH is 2. The number of benzene rings is 1. The van der Waals surface area contributed by atoms with Gasteiger partial charge in [0.1, 0.15) is 6.23 Å². The Labute approximate surface area is 230 Å². The molecule has 3 aliphatic carbocycles. The highest BCUT2D eigenvalue weighted by molar-refractivity contribution is 7.89. The normalized spacial score (nSPS) is 46.9. The fourth-order valence-electron chi connectivity index (χ4n) is 9.21. The molecule has 1 aromatic carbocycles. The summed E-state index contributed by atoms with van der Waals surface area (Å²) in [5.41, 5.74) is -2.23. The Bertz CT molecular complexity index is 1290. The quantitative estimate of drug-likeness (QED) is 0.443. The Morgan fingerprint density at radius 1 is 1.05 bits per heavy atom. The van der Waals surface area contributed by atoms with Gasteiger partial charge >= 0.3 is 0 Å². The molecule has 4 N–H and O–H groups in total. The van der Waals surface area contributed by atoms with Gasteiger partial charge in [0.25, 0.3) is 0 Å². The first-order valence-corrected chi connectivity index (χ1v) is 15.7. The van der Waals surface area contributed by atoms with Crippen molar-refractivity contribution >= 4 is 21.7 Å². The topological polar surface area (TPSA) is 142 Å². The van der Waals surface area contributed by atoms with Crippen LogP contribution in [0.5, 0.6) is 0 Å². The number of hydrogen-bond acceptors (Lipinski definition) is 7. The molecule has 1 aromatic rings. The second kappa shape index (κ2) is 8.82. The molecule has 11 atom stereocenters. The average Bonchev–Trinajstić information content (AvgIpc) is 3.16. The summed E-state index contributed by atoms with van der Waals surface area (Å²) in [4.78, 5) is 26.7. The molecule has 5 aliphatic rings. The zero-order valence-corrected chi connectivity index (χ0v) is 23.8. The molecule has 0 aromatic heterocycles. The minimum absolute atomic E-state index is 0.0940. The minimum Gasteiger partial charge on any atom is -0.393 e. The van der Waals surface area contributed by atoms with Crippen molar-refractivity contribution in [3.63, 3.8) is 0 Å². The predicted octanol–water partition coefficient (Wildman–Crippen LogP) is 1.97. The predicted molar refractivity (Wildman–Crippen MR) is 141 cm³/mol. The summed E-state index contributed by atoms with van der Waals surface area (Å²) >= 11 is 0. The highest BCUT2D eigenvalue weighted by Gasteiger charge is 2.72. The van der Waals surface area contributed by atoms with Crippen LogP contribution in [0.15, 0.2) is 35.2 Å². The van der Waals surface area contributed by atoms with Gasteiger partial charge in [0, 0.05) is 29.6 Å². The van der Waals surface area contributed by atoms with Gasteiger partial charge in [0.2, 0.25) is 15.9 Å². The van der Waals surface area contributed by atoms with Gasteiger partial charge in [-0.3, -0.25) is 9.59 Å². The Morgan fingerprint density at radius 2 is 1.74 bits per heavy atom. The number of rotatable bonds is 3. The molecule has 3 saturated carbocycles. The van der Waals surface area contributed by atoms with E-state index in [1.807, 2.05) is 13.8 Å². The summed E-state index contributed by atoms with van der Waals surface area (Å²) in [5.74, 6) is -1.75. The largest absolute Gasteiger partial charge is 0.393 e. The van der Waals surface area contributed by atoms with E-state index in [0.717, 1.165) is 12.8 Å². The van der Waals surface area contributed by atoms with E-state index in [1.165, 1.54) is 12.1 Å². The lowest BCUT2D eigenvalue weighted by Crippen LogP contribution is -2.75. The first-order chi connectivity index (χ1) is 18.2. The standard InChI is InChI=1S/C29H40N2O7S/c1-15-10-11-21-27(2,3)24(33)19(31-39(36,37)16-8-6-5-7-9-16)14-29(21)28(15,4)13-18-20(32)12-17-22(23(18)38-29)26(35)30-25(17)34/h5-9,15,17-23,26,31-32,35H,10-14H2,1-4H3,(H,30,34). The number of nitrogens with one attached hydrogen (secondary N) is 2. The first kappa shape index (κ1) is 27.3. The van der Waals surface area contributed by atoms with Gasteiger partial charge in [-0.25, -0.2) is 13.1 Å².